The molecule has 2 aliphatic rings. The average molecular weight is 465 g/mol. The monoisotopic (exact) mass is 464 g/mol. The number of rotatable bonds is 8. The summed E-state index contributed by atoms with van der Waals surface area (Å²) in [6.07, 6.45) is 0.739. The topological polar surface area (TPSA) is 95.9 Å². The fourth-order valence-corrected chi connectivity index (χ4v) is 5.11. The van der Waals surface area contributed by atoms with Crippen molar-refractivity contribution < 1.29 is 24.2 Å². The first-order valence-corrected chi connectivity index (χ1v) is 11.9. The highest BCUT2D eigenvalue weighted by Gasteiger charge is 2.44. The summed E-state index contributed by atoms with van der Waals surface area (Å²) >= 11 is 0. The lowest BCUT2D eigenvalue weighted by atomic mass is 9.84. The first-order chi connectivity index (χ1) is 16.3. The minimum atomic E-state index is -0.838. The Kier molecular flexibility index (Phi) is 6.91. The van der Waals surface area contributed by atoms with Crippen molar-refractivity contribution >= 4 is 18.0 Å². The summed E-state index contributed by atoms with van der Waals surface area (Å²) in [4.78, 5) is 38.3. The highest BCUT2D eigenvalue weighted by atomic mass is 16.5. The van der Waals surface area contributed by atoms with Crippen LogP contribution in [0.4, 0.5) is 4.79 Å². The minimum Gasteiger partial charge on any atom is -0.481 e. The smallest absolute Gasteiger partial charge is 0.407 e. The number of amides is 2. The van der Waals surface area contributed by atoms with Gasteiger partial charge in [-0.05, 0) is 41.0 Å². The summed E-state index contributed by atoms with van der Waals surface area (Å²) in [5.41, 5.74) is 3.83. The quantitative estimate of drug-likeness (QED) is 0.608. The van der Waals surface area contributed by atoms with Gasteiger partial charge in [0.15, 0.2) is 0 Å². The van der Waals surface area contributed by atoms with Crippen LogP contribution in [0.3, 0.4) is 0 Å². The van der Waals surface area contributed by atoms with Gasteiger partial charge in [-0.3, -0.25) is 9.59 Å². The van der Waals surface area contributed by atoms with Gasteiger partial charge in [0.25, 0.3) is 0 Å². The van der Waals surface area contributed by atoms with Gasteiger partial charge < -0.3 is 20.1 Å². The molecular formula is C27H32N2O5. The van der Waals surface area contributed by atoms with Crippen LogP contribution in [-0.4, -0.2) is 54.2 Å². The molecule has 0 bridgehead atoms. The van der Waals surface area contributed by atoms with Crippen LogP contribution < -0.4 is 5.32 Å². The van der Waals surface area contributed by atoms with Gasteiger partial charge in [-0.1, -0.05) is 62.4 Å². The van der Waals surface area contributed by atoms with Gasteiger partial charge in [0.1, 0.15) is 6.61 Å². The number of nitrogens with one attached hydrogen (secondary N) is 1. The number of carboxylic acids is 1. The number of nitrogens with zero attached hydrogens (tertiary/aromatic N) is 1. The maximum atomic E-state index is 12.6. The van der Waals surface area contributed by atoms with Crippen molar-refractivity contribution in [1.82, 2.24) is 10.2 Å². The molecule has 1 aliphatic carbocycles. The fourth-order valence-electron chi connectivity index (χ4n) is 5.11. The lowest BCUT2D eigenvalue weighted by Crippen LogP contribution is -2.38. The zero-order chi connectivity index (χ0) is 24.3. The maximum Gasteiger partial charge on any atom is 0.407 e. The molecule has 4 rings (SSSR count). The first kappa shape index (κ1) is 23.8. The van der Waals surface area contributed by atoms with E-state index in [2.05, 4.69) is 29.6 Å². The van der Waals surface area contributed by atoms with Gasteiger partial charge in [-0.15, -0.1) is 0 Å². The van der Waals surface area contributed by atoms with Crippen molar-refractivity contribution in [3.05, 3.63) is 59.7 Å². The van der Waals surface area contributed by atoms with E-state index in [1.165, 1.54) is 11.1 Å². The molecule has 2 aromatic carbocycles. The molecule has 0 saturated carbocycles. The number of likely N-dealkylation sites (tertiary alicyclic amines) is 1. The zero-order valence-corrected chi connectivity index (χ0v) is 19.8. The zero-order valence-electron chi connectivity index (χ0n) is 19.8. The number of benzene rings is 2. The number of hydrogen-bond acceptors (Lipinski definition) is 4. The third-order valence-electron chi connectivity index (χ3n) is 7.30. The predicted octanol–water partition coefficient (Wildman–Crippen LogP) is 4.26. The normalized spacial score (nSPS) is 19.9. The predicted molar refractivity (Wildman–Crippen MR) is 128 cm³/mol. The van der Waals surface area contributed by atoms with E-state index in [1.54, 1.807) is 4.90 Å². The van der Waals surface area contributed by atoms with Crippen LogP contribution in [0.2, 0.25) is 0 Å². The molecular weight excluding hydrogens is 432 g/mol. The second kappa shape index (κ2) is 9.87. The lowest BCUT2D eigenvalue weighted by molar-refractivity contribution is -0.148. The number of carboxylic acid groups (broad SMARTS) is 1. The molecule has 7 heteroatoms. The Bertz CT molecular complexity index is 1040. The third-order valence-corrected chi connectivity index (χ3v) is 7.30. The molecule has 1 saturated heterocycles. The van der Waals surface area contributed by atoms with Crippen LogP contribution in [0.15, 0.2) is 48.5 Å². The molecule has 0 spiro atoms. The van der Waals surface area contributed by atoms with E-state index in [4.69, 9.17) is 4.74 Å². The molecule has 180 valence electrons. The van der Waals surface area contributed by atoms with Crippen LogP contribution in [0, 0.1) is 11.3 Å². The standard InChI is InChI=1S/C27H32N2O5/c1-3-27(25(31)32)12-13-29(17-27)24(30)14-18(2)15-28-26(33)34-16-23-21-10-6-4-8-19(21)20-9-5-7-11-22(20)23/h4-11,18,23H,3,12-17H2,1-2H3,(H,28,33)(H,31,32). The van der Waals surface area contributed by atoms with Crippen molar-refractivity contribution in [2.45, 2.75) is 39.0 Å². The largest absolute Gasteiger partial charge is 0.481 e. The van der Waals surface area contributed by atoms with Crippen LogP contribution in [0.25, 0.3) is 11.1 Å². The Labute approximate surface area is 200 Å². The maximum absolute atomic E-state index is 12.6. The second-order valence-electron chi connectivity index (χ2n) is 9.52. The minimum absolute atomic E-state index is 0.000357. The highest BCUT2D eigenvalue weighted by molar-refractivity contribution is 5.81. The Morgan fingerprint density at radius 3 is 2.29 bits per heavy atom. The van der Waals surface area contributed by atoms with E-state index in [9.17, 15) is 19.5 Å². The lowest BCUT2D eigenvalue weighted by Gasteiger charge is -2.24. The Hall–Kier alpha value is -3.35. The molecule has 0 aromatic heterocycles. The Morgan fingerprint density at radius 2 is 1.74 bits per heavy atom. The SMILES string of the molecule is CCC1(C(=O)O)CCN(C(=O)CC(C)CNC(=O)OCC2c3ccccc3-c3ccccc32)C1. The number of alkyl carbamates (subject to hydrolysis) is 1. The van der Waals surface area contributed by atoms with Crippen LogP contribution in [-0.2, 0) is 14.3 Å². The van der Waals surface area contributed by atoms with E-state index in [0.717, 1.165) is 11.1 Å². The first-order valence-electron chi connectivity index (χ1n) is 11.9. The Morgan fingerprint density at radius 1 is 1.12 bits per heavy atom. The van der Waals surface area contributed by atoms with E-state index in [-0.39, 0.29) is 37.3 Å². The summed E-state index contributed by atoms with van der Waals surface area (Å²) < 4.78 is 5.55. The van der Waals surface area contributed by atoms with Gasteiger partial charge in [0, 0.05) is 32.0 Å². The van der Waals surface area contributed by atoms with Crippen LogP contribution in [0.5, 0.6) is 0 Å². The Balaban J connectivity index is 1.25. The molecule has 1 aliphatic heterocycles. The summed E-state index contributed by atoms with van der Waals surface area (Å²) in [5, 5.41) is 12.3. The van der Waals surface area contributed by atoms with Gasteiger partial charge in [0.05, 0.1) is 5.41 Å². The molecule has 2 amide bonds. The number of fused-ring (bicyclic) bond motifs is 3. The van der Waals surface area contributed by atoms with E-state index < -0.39 is 17.5 Å². The van der Waals surface area contributed by atoms with E-state index >= 15 is 0 Å². The number of carbonyl (C=O) groups excluding carboxylic acids is 2. The molecule has 2 aromatic rings. The average Bonchev–Trinajstić information content (AvgIpc) is 3.42. The van der Waals surface area contributed by atoms with Crippen molar-refractivity contribution in [3.63, 3.8) is 0 Å². The molecule has 2 N–H and O–H groups in total. The molecule has 0 radical (unpaired) electrons. The summed E-state index contributed by atoms with van der Waals surface area (Å²) in [7, 11) is 0. The van der Waals surface area contributed by atoms with Gasteiger partial charge in [0.2, 0.25) is 5.91 Å². The van der Waals surface area contributed by atoms with Crippen molar-refractivity contribution in [1.29, 1.82) is 0 Å². The van der Waals surface area contributed by atoms with E-state index in [0.29, 0.717) is 25.9 Å². The number of carbonyl (C=O) groups is 3. The summed E-state index contributed by atoms with van der Waals surface area (Å²) in [6.45, 7) is 5.02. The third kappa shape index (κ3) is 4.65. The second-order valence-corrected chi connectivity index (χ2v) is 9.52. The van der Waals surface area contributed by atoms with Crippen molar-refractivity contribution in [2.24, 2.45) is 11.3 Å². The summed E-state index contributed by atoms with van der Waals surface area (Å²) in [5.74, 6) is -0.997. The van der Waals surface area contributed by atoms with Gasteiger partial charge in [-0.25, -0.2) is 4.79 Å². The van der Waals surface area contributed by atoms with E-state index in [1.807, 2.05) is 38.1 Å². The molecule has 2 atom stereocenters. The summed E-state index contributed by atoms with van der Waals surface area (Å²) in [6, 6.07) is 16.4. The van der Waals surface area contributed by atoms with Gasteiger partial charge in [-0.2, -0.15) is 0 Å². The highest BCUT2D eigenvalue weighted by Crippen LogP contribution is 2.44. The number of ether oxygens (including phenoxy) is 1. The molecule has 7 nitrogen and oxygen atoms in total. The van der Waals surface area contributed by atoms with Crippen LogP contribution >= 0.6 is 0 Å². The van der Waals surface area contributed by atoms with Crippen molar-refractivity contribution in [3.8, 4) is 11.1 Å². The van der Waals surface area contributed by atoms with Gasteiger partial charge >= 0.3 is 12.1 Å². The molecule has 1 fully saturated rings. The number of hydrogen-bond donors (Lipinski definition) is 2. The molecule has 34 heavy (non-hydrogen) atoms. The fraction of sp³-hybridized carbons (Fsp3) is 0.444. The molecule has 1 heterocycles. The van der Waals surface area contributed by atoms with Crippen molar-refractivity contribution in [2.75, 3.05) is 26.2 Å². The number of aliphatic carboxylic acids is 1. The van der Waals surface area contributed by atoms with Crippen LogP contribution in [0.1, 0.15) is 50.2 Å². The molecule has 2 unspecified atom stereocenters.